The normalized spacial score (nSPS) is 16.8. The highest BCUT2D eigenvalue weighted by atomic mass is 19.4. The Kier molecular flexibility index (Phi) is 7.51. The van der Waals surface area contributed by atoms with Crippen LogP contribution in [0.2, 0.25) is 0 Å². The number of carbonyl (C=O) groups excluding carboxylic acids is 1. The van der Waals surface area contributed by atoms with Crippen LogP contribution in [-0.2, 0) is 10.9 Å². The van der Waals surface area contributed by atoms with Gasteiger partial charge in [0.15, 0.2) is 0 Å². The Hall–Kier alpha value is -2.82. The predicted octanol–water partition coefficient (Wildman–Crippen LogP) is 4.98. The molecular formula is C22H28F3N3O5. The smallest absolute Gasteiger partial charge is 0.419 e. The molecule has 1 atom stereocenters. The van der Waals surface area contributed by atoms with Crippen molar-refractivity contribution < 1.29 is 37.1 Å². The van der Waals surface area contributed by atoms with Gasteiger partial charge in [-0.15, -0.1) is 0 Å². The average Bonchev–Trinajstić information content (AvgIpc) is 3.38. The molecule has 0 radical (unpaired) electrons. The Bertz CT molecular complexity index is 955. The molecule has 182 valence electrons. The maximum atomic E-state index is 13.6. The first kappa shape index (κ1) is 24.8. The minimum absolute atomic E-state index is 0.0154. The molecule has 8 nitrogen and oxygen atoms in total. The van der Waals surface area contributed by atoms with Crippen LogP contribution in [0.25, 0.3) is 11.4 Å². The third-order valence-electron chi connectivity index (χ3n) is 4.96. The molecule has 1 aliphatic heterocycles. The average molecular weight is 471 g/mol. The molecule has 11 heteroatoms. The van der Waals surface area contributed by atoms with E-state index in [1.54, 1.807) is 20.8 Å². The van der Waals surface area contributed by atoms with Crippen molar-refractivity contribution in [3.05, 3.63) is 29.7 Å². The molecule has 1 saturated heterocycles. The van der Waals surface area contributed by atoms with Crippen LogP contribution >= 0.6 is 0 Å². The van der Waals surface area contributed by atoms with Gasteiger partial charge >= 0.3 is 12.3 Å². The SMILES string of the molecule is CC(C)(C)OC(=O)N1CCC[C@H]1c1nc(-c2ccc(OCCCCO)c(C(F)(F)F)c2)no1. The summed E-state index contributed by atoms with van der Waals surface area (Å²) in [5.74, 6) is -0.176. The maximum Gasteiger partial charge on any atom is 0.419 e. The van der Waals surface area contributed by atoms with E-state index in [-0.39, 0.29) is 36.2 Å². The second kappa shape index (κ2) is 9.98. The number of aliphatic hydroxyl groups is 1. The zero-order chi connectivity index (χ0) is 24.2. The number of amides is 1. The lowest BCUT2D eigenvalue weighted by atomic mass is 10.1. The lowest BCUT2D eigenvalue weighted by Crippen LogP contribution is -2.36. The van der Waals surface area contributed by atoms with E-state index in [1.165, 1.54) is 17.0 Å². The van der Waals surface area contributed by atoms with Crippen LogP contribution in [0.5, 0.6) is 5.75 Å². The highest BCUT2D eigenvalue weighted by molar-refractivity contribution is 5.69. The van der Waals surface area contributed by atoms with Crippen LogP contribution < -0.4 is 4.74 Å². The number of halogens is 3. The molecular weight excluding hydrogens is 443 g/mol. The molecule has 1 N–H and O–H groups in total. The van der Waals surface area contributed by atoms with E-state index in [4.69, 9.17) is 19.1 Å². The summed E-state index contributed by atoms with van der Waals surface area (Å²) < 4.78 is 56.8. The Morgan fingerprint density at radius 1 is 1.27 bits per heavy atom. The molecule has 2 heterocycles. The van der Waals surface area contributed by atoms with Crippen LogP contribution in [0.3, 0.4) is 0 Å². The summed E-state index contributed by atoms with van der Waals surface area (Å²) in [5, 5.41) is 12.6. The van der Waals surface area contributed by atoms with Crippen LogP contribution in [0.1, 0.15) is 64.0 Å². The van der Waals surface area contributed by atoms with Gasteiger partial charge in [-0.2, -0.15) is 18.2 Å². The number of rotatable bonds is 7. The van der Waals surface area contributed by atoms with Crippen LogP contribution in [0.15, 0.2) is 22.7 Å². The Labute approximate surface area is 189 Å². The van der Waals surface area contributed by atoms with Crippen LogP contribution in [0.4, 0.5) is 18.0 Å². The maximum absolute atomic E-state index is 13.6. The lowest BCUT2D eigenvalue weighted by molar-refractivity contribution is -0.138. The van der Waals surface area contributed by atoms with Gasteiger partial charge in [-0.25, -0.2) is 4.79 Å². The number of carbonyl (C=O) groups is 1. The number of aromatic nitrogens is 2. The van der Waals surface area contributed by atoms with Crippen molar-refractivity contribution in [1.82, 2.24) is 15.0 Å². The molecule has 2 aromatic rings. The molecule has 1 aromatic heterocycles. The van der Waals surface area contributed by atoms with Crippen molar-refractivity contribution in [3.8, 4) is 17.1 Å². The first-order chi connectivity index (χ1) is 15.5. The molecule has 1 aliphatic rings. The molecule has 0 spiro atoms. The van der Waals surface area contributed by atoms with E-state index in [0.717, 1.165) is 6.07 Å². The minimum atomic E-state index is -4.64. The second-order valence-corrected chi connectivity index (χ2v) is 8.78. The summed E-state index contributed by atoms with van der Waals surface area (Å²) in [4.78, 5) is 18.3. The molecule has 0 unspecified atom stereocenters. The lowest BCUT2D eigenvalue weighted by Gasteiger charge is -2.26. The van der Waals surface area contributed by atoms with Gasteiger partial charge in [0.25, 0.3) is 0 Å². The van der Waals surface area contributed by atoms with E-state index < -0.39 is 29.5 Å². The summed E-state index contributed by atoms with van der Waals surface area (Å²) in [6.07, 6.45) is -3.00. The first-order valence-corrected chi connectivity index (χ1v) is 10.8. The highest BCUT2D eigenvalue weighted by Crippen LogP contribution is 2.39. The fourth-order valence-corrected chi connectivity index (χ4v) is 3.46. The van der Waals surface area contributed by atoms with Crippen molar-refractivity contribution in [2.75, 3.05) is 19.8 Å². The third kappa shape index (κ3) is 6.37. The van der Waals surface area contributed by atoms with Crippen LogP contribution in [-0.4, -0.2) is 51.6 Å². The molecule has 1 aromatic carbocycles. The number of alkyl halides is 3. The topological polar surface area (TPSA) is 97.9 Å². The van der Waals surface area contributed by atoms with E-state index in [9.17, 15) is 18.0 Å². The van der Waals surface area contributed by atoms with Gasteiger partial charge in [-0.1, -0.05) is 5.16 Å². The summed E-state index contributed by atoms with van der Waals surface area (Å²) >= 11 is 0. The van der Waals surface area contributed by atoms with E-state index in [1.807, 2.05) is 0 Å². The standard InChI is InChI=1S/C22H28F3N3O5/c1-21(2,3)32-20(30)28-10-6-7-16(28)19-26-18(27-33-19)14-8-9-17(31-12-5-4-11-29)15(13-14)22(23,24)25/h8-9,13,16,29H,4-7,10-12H2,1-3H3/t16-/m0/s1. The number of hydrogen-bond acceptors (Lipinski definition) is 7. The number of aliphatic hydroxyl groups excluding tert-OH is 1. The Morgan fingerprint density at radius 2 is 2.03 bits per heavy atom. The monoisotopic (exact) mass is 471 g/mol. The minimum Gasteiger partial charge on any atom is -0.493 e. The highest BCUT2D eigenvalue weighted by Gasteiger charge is 2.38. The zero-order valence-electron chi connectivity index (χ0n) is 18.8. The van der Waals surface area contributed by atoms with Gasteiger partial charge in [-0.3, -0.25) is 4.90 Å². The van der Waals surface area contributed by atoms with Crippen molar-refractivity contribution in [2.24, 2.45) is 0 Å². The molecule has 3 rings (SSSR count). The Morgan fingerprint density at radius 3 is 2.70 bits per heavy atom. The quantitative estimate of drug-likeness (QED) is 0.569. The number of ether oxygens (including phenoxy) is 2. The van der Waals surface area contributed by atoms with Crippen molar-refractivity contribution in [1.29, 1.82) is 0 Å². The molecule has 0 saturated carbocycles. The van der Waals surface area contributed by atoms with Gasteiger partial charge in [0, 0.05) is 18.7 Å². The Balaban J connectivity index is 1.81. The van der Waals surface area contributed by atoms with Gasteiger partial charge in [0.2, 0.25) is 11.7 Å². The van der Waals surface area contributed by atoms with Gasteiger partial charge in [0.05, 0.1) is 12.2 Å². The molecule has 1 amide bonds. The summed E-state index contributed by atoms with van der Waals surface area (Å²) in [6.45, 7) is 5.74. The zero-order valence-corrected chi connectivity index (χ0v) is 18.8. The van der Waals surface area contributed by atoms with Gasteiger partial charge < -0.3 is 19.1 Å². The van der Waals surface area contributed by atoms with Gasteiger partial charge in [0.1, 0.15) is 17.4 Å². The third-order valence-corrected chi connectivity index (χ3v) is 4.96. The number of nitrogens with zero attached hydrogens (tertiary/aromatic N) is 3. The van der Waals surface area contributed by atoms with Crippen LogP contribution in [0, 0.1) is 0 Å². The summed E-state index contributed by atoms with van der Waals surface area (Å²) in [5.41, 5.74) is -1.51. The number of hydrogen-bond donors (Lipinski definition) is 1. The first-order valence-electron chi connectivity index (χ1n) is 10.8. The molecule has 1 fully saturated rings. The predicted molar refractivity (Wildman–Crippen MR) is 111 cm³/mol. The van der Waals surface area contributed by atoms with E-state index >= 15 is 0 Å². The fraction of sp³-hybridized carbons (Fsp3) is 0.591. The molecule has 33 heavy (non-hydrogen) atoms. The number of unbranched alkanes of at least 4 members (excludes halogenated alkanes) is 1. The second-order valence-electron chi connectivity index (χ2n) is 8.78. The van der Waals surface area contributed by atoms with E-state index in [0.29, 0.717) is 32.2 Å². The molecule has 0 aliphatic carbocycles. The van der Waals surface area contributed by atoms with Crippen molar-refractivity contribution in [3.63, 3.8) is 0 Å². The summed E-state index contributed by atoms with van der Waals surface area (Å²) in [6, 6.07) is 3.05. The van der Waals surface area contributed by atoms with E-state index in [2.05, 4.69) is 10.1 Å². The number of likely N-dealkylation sites (tertiary alicyclic amines) is 1. The van der Waals surface area contributed by atoms with Crippen molar-refractivity contribution >= 4 is 6.09 Å². The number of benzene rings is 1. The summed E-state index contributed by atoms with van der Waals surface area (Å²) in [7, 11) is 0. The largest absolute Gasteiger partial charge is 0.493 e. The van der Waals surface area contributed by atoms with Crippen molar-refractivity contribution in [2.45, 2.75) is 64.3 Å². The fourth-order valence-electron chi connectivity index (χ4n) is 3.46. The van der Waals surface area contributed by atoms with Gasteiger partial charge in [-0.05, 0) is 64.7 Å². The molecule has 0 bridgehead atoms.